The molecule has 0 aliphatic carbocycles. The Morgan fingerprint density at radius 1 is 1.21 bits per heavy atom. The van der Waals surface area contributed by atoms with Gasteiger partial charge in [0, 0.05) is 23.2 Å². The molecular weight excluding hydrogens is 422 g/mol. The third-order valence-electron chi connectivity index (χ3n) is 6.76. The molecule has 6 rings (SSSR count). The Kier molecular flexibility index (Phi) is 3.99. The van der Waals surface area contributed by atoms with E-state index in [0.29, 0.717) is 23.2 Å². The highest BCUT2D eigenvalue weighted by Gasteiger charge is 2.60. The van der Waals surface area contributed by atoms with Gasteiger partial charge in [-0.2, -0.15) is 0 Å². The van der Waals surface area contributed by atoms with Gasteiger partial charge in [0.1, 0.15) is 16.7 Å². The molecule has 33 heavy (non-hydrogen) atoms. The number of pyridine rings is 1. The van der Waals surface area contributed by atoms with Gasteiger partial charge in [0.05, 0.1) is 17.7 Å². The Balaban J connectivity index is 1.82. The van der Waals surface area contributed by atoms with E-state index in [2.05, 4.69) is 5.32 Å². The summed E-state index contributed by atoms with van der Waals surface area (Å²) < 4.78 is 13.0. The summed E-state index contributed by atoms with van der Waals surface area (Å²) in [5.41, 5.74) is 6.90. The molecule has 0 saturated heterocycles. The number of carbonyl (C=O) groups excluding carboxylic acids is 2. The number of ether oxygens (including phenoxy) is 2. The van der Waals surface area contributed by atoms with Crippen molar-refractivity contribution >= 4 is 28.5 Å². The van der Waals surface area contributed by atoms with Crippen LogP contribution in [0.4, 0.5) is 5.69 Å². The van der Waals surface area contributed by atoms with Crippen LogP contribution in [0.3, 0.4) is 0 Å². The number of rotatable bonds is 2. The molecule has 1 spiro atoms. The zero-order valence-corrected chi connectivity index (χ0v) is 17.9. The number of para-hydroxylation sites is 2. The second kappa shape index (κ2) is 6.71. The van der Waals surface area contributed by atoms with Crippen molar-refractivity contribution in [2.24, 2.45) is 5.73 Å². The summed E-state index contributed by atoms with van der Waals surface area (Å²) in [6.07, 6.45) is 1.63. The van der Waals surface area contributed by atoms with Crippen LogP contribution < -0.4 is 21.3 Å². The lowest BCUT2D eigenvalue weighted by atomic mass is 9.68. The van der Waals surface area contributed by atoms with Crippen LogP contribution in [0.5, 0.6) is 5.75 Å². The molecule has 2 aromatic carbocycles. The highest BCUT2D eigenvalue weighted by Crippen LogP contribution is 2.54. The van der Waals surface area contributed by atoms with Crippen molar-refractivity contribution < 1.29 is 19.1 Å². The summed E-state index contributed by atoms with van der Waals surface area (Å²) in [6, 6.07) is 12.7. The lowest BCUT2D eigenvalue weighted by Gasteiger charge is -2.36. The van der Waals surface area contributed by atoms with E-state index in [-0.39, 0.29) is 34.9 Å². The molecule has 1 aromatic heterocycles. The fourth-order valence-corrected chi connectivity index (χ4v) is 5.52. The first-order valence-corrected chi connectivity index (χ1v) is 10.9. The van der Waals surface area contributed by atoms with E-state index in [4.69, 9.17) is 15.2 Å². The number of nitrogens with zero attached hydrogens (tertiary/aromatic N) is 1. The van der Waals surface area contributed by atoms with Crippen molar-refractivity contribution in [2.45, 2.75) is 31.7 Å². The Hall–Kier alpha value is -4.07. The zero-order chi connectivity index (χ0) is 22.9. The Morgan fingerprint density at radius 3 is 2.85 bits per heavy atom. The highest BCUT2D eigenvalue weighted by atomic mass is 16.5. The van der Waals surface area contributed by atoms with Crippen LogP contribution in [0.25, 0.3) is 10.9 Å². The first-order valence-electron chi connectivity index (χ1n) is 10.9. The molecule has 3 aliphatic heterocycles. The SMILES string of the molecule is CCOC(=O)C1=C(N)Oc2c(c(=O)n3c4c(cccc24)CCC3)C12C(=O)Nc1ccccc12. The molecule has 8 heteroatoms. The molecule has 1 atom stereocenters. The Bertz CT molecular complexity index is 1490. The maximum atomic E-state index is 14.1. The van der Waals surface area contributed by atoms with Gasteiger partial charge >= 0.3 is 5.97 Å². The second-order valence-electron chi connectivity index (χ2n) is 8.39. The number of hydrogen-bond acceptors (Lipinski definition) is 6. The fourth-order valence-electron chi connectivity index (χ4n) is 5.52. The molecule has 1 unspecified atom stereocenters. The lowest BCUT2D eigenvalue weighted by molar-refractivity contribution is -0.140. The van der Waals surface area contributed by atoms with Gasteiger partial charge in [-0.3, -0.25) is 9.59 Å². The van der Waals surface area contributed by atoms with Crippen molar-refractivity contribution in [2.75, 3.05) is 11.9 Å². The number of fused-ring (bicyclic) bond motifs is 5. The summed E-state index contributed by atoms with van der Waals surface area (Å²) in [4.78, 5) is 41.1. The molecule has 8 nitrogen and oxygen atoms in total. The van der Waals surface area contributed by atoms with Gasteiger partial charge in [0.25, 0.3) is 5.56 Å². The molecule has 0 saturated carbocycles. The van der Waals surface area contributed by atoms with Gasteiger partial charge in [0.2, 0.25) is 11.8 Å². The predicted octanol–water partition coefficient (Wildman–Crippen LogP) is 2.31. The molecule has 0 fully saturated rings. The molecule has 0 bridgehead atoms. The van der Waals surface area contributed by atoms with Crippen LogP contribution in [-0.4, -0.2) is 23.1 Å². The van der Waals surface area contributed by atoms with Crippen LogP contribution in [0.15, 0.2) is 58.7 Å². The number of amides is 1. The maximum absolute atomic E-state index is 14.1. The van der Waals surface area contributed by atoms with E-state index < -0.39 is 17.3 Å². The van der Waals surface area contributed by atoms with E-state index >= 15 is 0 Å². The van der Waals surface area contributed by atoms with Crippen LogP contribution >= 0.6 is 0 Å². The van der Waals surface area contributed by atoms with Gasteiger partial charge < -0.3 is 25.1 Å². The summed E-state index contributed by atoms with van der Waals surface area (Å²) >= 11 is 0. The van der Waals surface area contributed by atoms with E-state index in [1.165, 1.54) is 0 Å². The third-order valence-corrected chi connectivity index (χ3v) is 6.76. The van der Waals surface area contributed by atoms with Gasteiger partial charge in [0.15, 0.2) is 0 Å². The predicted molar refractivity (Wildman–Crippen MR) is 121 cm³/mol. The quantitative estimate of drug-likeness (QED) is 0.588. The minimum atomic E-state index is -1.78. The van der Waals surface area contributed by atoms with Crippen molar-refractivity contribution in [3.8, 4) is 5.75 Å². The van der Waals surface area contributed by atoms with E-state index in [9.17, 15) is 14.4 Å². The average molecular weight is 443 g/mol. The van der Waals surface area contributed by atoms with Crippen LogP contribution in [0.1, 0.15) is 30.0 Å². The number of aromatic nitrogens is 1. The van der Waals surface area contributed by atoms with Gasteiger partial charge in [-0.05, 0) is 37.5 Å². The van der Waals surface area contributed by atoms with Crippen LogP contribution in [0, 0.1) is 0 Å². The van der Waals surface area contributed by atoms with E-state index in [1.54, 1.807) is 35.8 Å². The Labute approximate surface area is 188 Å². The first kappa shape index (κ1) is 19.6. The maximum Gasteiger partial charge on any atom is 0.341 e. The summed E-state index contributed by atoms with van der Waals surface area (Å²) in [5, 5.41) is 3.53. The zero-order valence-electron chi connectivity index (χ0n) is 17.9. The van der Waals surface area contributed by atoms with Gasteiger partial charge in [-0.25, -0.2) is 4.79 Å². The number of aryl methyl sites for hydroxylation is 2. The van der Waals surface area contributed by atoms with Crippen molar-refractivity contribution in [1.29, 1.82) is 0 Å². The molecule has 3 N–H and O–H groups in total. The minimum absolute atomic E-state index is 0.0765. The minimum Gasteiger partial charge on any atom is -0.462 e. The van der Waals surface area contributed by atoms with Crippen molar-refractivity contribution in [3.05, 3.63) is 81.0 Å². The second-order valence-corrected chi connectivity index (χ2v) is 8.39. The lowest BCUT2D eigenvalue weighted by Crippen LogP contribution is -2.50. The fraction of sp³-hybridized carbons (Fsp3) is 0.240. The monoisotopic (exact) mass is 443 g/mol. The number of hydrogen-bond donors (Lipinski definition) is 2. The topological polar surface area (TPSA) is 113 Å². The summed E-state index contributed by atoms with van der Waals surface area (Å²) in [7, 11) is 0. The normalized spacial score (nSPS) is 20.3. The number of nitrogens with two attached hydrogens (primary N) is 1. The van der Waals surface area contributed by atoms with Gasteiger partial charge in [-0.1, -0.05) is 30.3 Å². The number of benzene rings is 2. The third kappa shape index (κ3) is 2.32. The van der Waals surface area contributed by atoms with E-state index in [0.717, 1.165) is 23.9 Å². The first-order chi connectivity index (χ1) is 16.0. The number of anilines is 1. The largest absolute Gasteiger partial charge is 0.462 e. The number of nitrogens with one attached hydrogen (secondary N) is 1. The molecule has 1 amide bonds. The number of carbonyl (C=O) groups is 2. The number of esters is 1. The molecule has 4 heterocycles. The molecule has 0 radical (unpaired) electrons. The standard InChI is InChI=1S/C25H21N3O5/c1-2-32-23(30)18-21(26)33-20-14-9-5-7-13-8-6-12-28(19(13)14)22(29)17(20)25(18)15-10-3-4-11-16(15)27-24(25)31/h3-5,7,9-11H,2,6,8,12,26H2,1H3,(H,27,31). The van der Waals surface area contributed by atoms with E-state index in [1.807, 2.05) is 18.2 Å². The molecular formula is C25H21N3O5. The van der Waals surface area contributed by atoms with Crippen molar-refractivity contribution in [3.63, 3.8) is 0 Å². The highest BCUT2D eigenvalue weighted by molar-refractivity contribution is 6.18. The molecule has 3 aromatic rings. The Morgan fingerprint density at radius 2 is 2.03 bits per heavy atom. The smallest absolute Gasteiger partial charge is 0.341 e. The van der Waals surface area contributed by atoms with Gasteiger partial charge in [-0.15, -0.1) is 0 Å². The summed E-state index contributed by atoms with van der Waals surface area (Å²) in [5.74, 6) is -1.35. The van der Waals surface area contributed by atoms with Crippen LogP contribution in [-0.2, 0) is 32.7 Å². The summed E-state index contributed by atoms with van der Waals surface area (Å²) in [6.45, 7) is 2.25. The molecule has 3 aliphatic rings. The van der Waals surface area contributed by atoms with Crippen molar-refractivity contribution in [1.82, 2.24) is 4.57 Å². The molecule has 166 valence electrons. The average Bonchev–Trinajstić information content (AvgIpc) is 3.09. The van der Waals surface area contributed by atoms with Crippen LogP contribution in [0.2, 0.25) is 0 Å².